The quantitative estimate of drug-likeness (QED) is 0.549. The van der Waals surface area contributed by atoms with Gasteiger partial charge in [-0.05, 0) is 40.8 Å². The fourth-order valence-electron chi connectivity index (χ4n) is 1.41. The third-order valence-corrected chi connectivity index (χ3v) is 2.33. The minimum atomic E-state index is 0.254. The summed E-state index contributed by atoms with van der Waals surface area (Å²) in [5.74, 6) is 0. The van der Waals surface area contributed by atoms with Crippen molar-refractivity contribution in [3.63, 3.8) is 0 Å². The van der Waals surface area contributed by atoms with Crippen LogP contribution in [0.1, 0.15) is 41.5 Å². The van der Waals surface area contributed by atoms with E-state index in [2.05, 4.69) is 56.8 Å². The van der Waals surface area contributed by atoms with Crippen molar-refractivity contribution in [3.05, 3.63) is 0 Å². The second-order valence-corrected chi connectivity index (χ2v) is 4.70. The maximum absolute atomic E-state index is 5.70. The lowest BCUT2D eigenvalue weighted by Crippen LogP contribution is -2.35. The summed E-state index contributed by atoms with van der Waals surface area (Å²) in [7, 11) is 0. The molecule has 0 spiro atoms. The molecule has 0 aliphatic heterocycles. The number of nitrogens with zero attached hydrogens (tertiary/aromatic N) is 2. The van der Waals surface area contributed by atoms with Crippen LogP contribution in [0.2, 0.25) is 0 Å². The number of likely N-dealkylation sites (N-methyl/N-ethyl adjacent to an activating group) is 1. The molecule has 0 aliphatic carbocycles. The number of ether oxygens (including phenoxy) is 1. The molecule has 102 valence electrons. The average Bonchev–Trinajstić information content (AvgIpc) is 2.22. The van der Waals surface area contributed by atoms with E-state index >= 15 is 0 Å². The van der Waals surface area contributed by atoms with Crippen molar-refractivity contribution in [3.8, 4) is 0 Å². The van der Waals surface area contributed by atoms with Crippen LogP contribution >= 0.6 is 0 Å². The Morgan fingerprint density at radius 3 is 2.18 bits per heavy atom. The van der Waals surface area contributed by atoms with Crippen molar-refractivity contribution in [1.82, 2.24) is 10.2 Å². The van der Waals surface area contributed by atoms with Gasteiger partial charge in [0.15, 0.2) is 0 Å². The highest BCUT2D eigenvalue weighted by atomic mass is 16.5. The predicted octanol–water partition coefficient (Wildman–Crippen LogP) is 2.11. The minimum Gasteiger partial charge on any atom is -0.464 e. The third-order valence-electron chi connectivity index (χ3n) is 2.33. The molecule has 4 nitrogen and oxygen atoms in total. The zero-order chi connectivity index (χ0) is 13.3. The smallest absolute Gasteiger partial charge is 0.285 e. The molecule has 1 N–H and O–H groups in total. The van der Waals surface area contributed by atoms with E-state index < -0.39 is 0 Å². The van der Waals surface area contributed by atoms with Crippen molar-refractivity contribution in [1.29, 1.82) is 0 Å². The standard InChI is InChI=1S/C13H29N3O/c1-7-16(8-2)9-10-17-13(14-11(3)4)15-12(5)6/h11-12H,7-10H2,1-6H3,(H,14,15). The molecule has 0 heterocycles. The number of nitrogens with one attached hydrogen (secondary N) is 1. The van der Waals surface area contributed by atoms with Crippen molar-refractivity contribution in [2.75, 3.05) is 26.2 Å². The Bertz CT molecular complexity index is 211. The third kappa shape index (κ3) is 8.98. The first-order valence-corrected chi connectivity index (χ1v) is 6.69. The largest absolute Gasteiger partial charge is 0.464 e. The zero-order valence-corrected chi connectivity index (χ0v) is 12.3. The summed E-state index contributed by atoms with van der Waals surface area (Å²) in [6.45, 7) is 16.4. The van der Waals surface area contributed by atoms with Gasteiger partial charge < -0.3 is 15.0 Å². The molecule has 0 saturated carbocycles. The Morgan fingerprint density at radius 2 is 1.76 bits per heavy atom. The Hall–Kier alpha value is -0.770. The van der Waals surface area contributed by atoms with E-state index in [1.165, 1.54) is 0 Å². The van der Waals surface area contributed by atoms with E-state index in [1.807, 2.05) is 0 Å². The van der Waals surface area contributed by atoms with Gasteiger partial charge in [0.05, 0.1) is 0 Å². The highest BCUT2D eigenvalue weighted by molar-refractivity contribution is 5.74. The van der Waals surface area contributed by atoms with Crippen LogP contribution in [-0.4, -0.2) is 49.2 Å². The van der Waals surface area contributed by atoms with Crippen LogP contribution in [0.5, 0.6) is 0 Å². The van der Waals surface area contributed by atoms with Gasteiger partial charge in [-0.2, -0.15) is 0 Å². The van der Waals surface area contributed by atoms with E-state index in [0.29, 0.717) is 18.7 Å². The molecular formula is C13H29N3O. The van der Waals surface area contributed by atoms with Crippen LogP contribution in [-0.2, 0) is 4.74 Å². The summed E-state index contributed by atoms with van der Waals surface area (Å²) in [6.07, 6.45) is 0. The van der Waals surface area contributed by atoms with E-state index in [1.54, 1.807) is 0 Å². The second-order valence-electron chi connectivity index (χ2n) is 4.70. The maximum atomic E-state index is 5.70. The van der Waals surface area contributed by atoms with Gasteiger partial charge in [-0.15, -0.1) is 0 Å². The van der Waals surface area contributed by atoms with E-state index in [0.717, 1.165) is 19.6 Å². The van der Waals surface area contributed by atoms with Crippen molar-refractivity contribution < 1.29 is 4.74 Å². The van der Waals surface area contributed by atoms with Gasteiger partial charge in [0.2, 0.25) is 0 Å². The number of aliphatic imine (C=N–C) groups is 1. The van der Waals surface area contributed by atoms with Crippen LogP contribution in [0.25, 0.3) is 0 Å². The van der Waals surface area contributed by atoms with E-state index in [9.17, 15) is 0 Å². The van der Waals surface area contributed by atoms with Crippen molar-refractivity contribution >= 4 is 6.02 Å². The molecule has 0 amide bonds. The molecule has 0 aromatic carbocycles. The first-order valence-electron chi connectivity index (χ1n) is 6.69. The molecule has 0 bridgehead atoms. The van der Waals surface area contributed by atoms with Crippen LogP contribution in [0.3, 0.4) is 0 Å². The van der Waals surface area contributed by atoms with Gasteiger partial charge in [0.25, 0.3) is 6.02 Å². The number of hydrogen-bond acceptors (Lipinski definition) is 3. The summed E-state index contributed by atoms with van der Waals surface area (Å²) >= 11 is 0. The van der Waals surface area contributed by atoms with Gasteiger partial charge in [-0.1, -0.05) is 13.8 Å². The fraction of sp³-hybridized carbons (Fsp3) is 0.923. The molecule has 0 rings (SSSR count). The summed E-state index contributed by atoms with van der Waals surface area (Å²) in [5, 5.41) is 3.23. The summed E-state index contributed by atoms with van der Waals surface area (Å²) < 4.78 is 5.70. The monoisotopic (exact) mass is 243 g/mol. The van der Waals surface area contributed by atoms with Crippen molar-refractivity contribution in [2.24, 2.45) is 4.99 Å². The minimum absolute atomic E-state index is 0.254. The van der Waals surface area contributed by atoms with Gasteiger partial charge in [0.1, 0.15) is 6.61 Å². The Kier molecular flexibility index (Phi) is 8.86. The molecule has 0 unspecified atom stereocenters. The van der Waals surface area contributed by atoms with Gasteiger partial charge in [0, 0.05) is 18.6 Å². The van der Waals surface area contributed by atoms with Crippen LogP contribution < -0.4 is 5.32 Å². The summed E-state index contributed by atoms with van der Waals surface area (Å²) in [6, 6.07) is 1.27. The SMILES string of the molecule is CCN(CC)CCOC(=NC(C)C)NC(C)C. The van der Waals surface area contributed by atoms with Gasteiger partial charge in [-0.25, -0.2) is 4.99 Å². The highest BCUT2D eigenvalue weighted by Crippen LogP contribution is 1.93. The second kappa shape index (κ2) is 9.28. The lowest BCUT2D eigenvalue weighted by atomic mass is 10.4. The average molecular weight is 243 g/mol. The van der Waals surface area contributed by atoms with E-state index in [-0.39, 0.29) is 6.04 Å². The molecule has 0 fully saturated rings. The first-order chi connectivity index (χ1) is 7.99. The zero-order valence-electron chi connectivity index (χ0n) is 12.3. The summed E-state index contributed by atoms with van der Waals surface area (Å²) in [4.78, 5) is 6.77. The molecule has 4 heteroatoms. The van der Waals surface area contributed by atoms with Gasteiger partial charge >= 0.3 is 0 Å². The Balaban J connectivity index is 4.08. The molecule has 0 aliphatic rings. The number of rotatable bonds is 7. The fourth-order valence-corrected chi connectivity index (χ4v) is 1.41. The lowest BCUT2D eigenvalue weighted by Gasteiger charge is -2.20. The van der Waals surface area contributed by atoms with Crippen molar-refractivity contribution in [2.45, 2.75) is 53.6 Å². The van der Waals surface area contributed by atoms with Crippen LogP contribution in [0.15, 0.2) is 4.99 Å². The molecule has 0 aromatic rings. The summed E-state index contributed by atoms with van der Waals surface area (Å²) in [5.41, 5.74) is 0. The first kappa shape index (κ1) is 16.2. The molecule has 0 aromatic heterocycles. The Morgan fingerprint density at radius 1 is 1.18 bits per heavy atom. The predicted molar refractivity (Wildman–Crippen MR) is 74.6 cm³/mol. The van der Waals surface area contributed by atoms with Crippen LogP contribution in [0, 0.1) is 0 Å². The molecule has 0 radical (unpaired) electrons. The van der Waals surface area contributed by atoms with Gasteiger partial charge in [-0.3, -0.25) is 0 Å². The highest BCUT2D eigenvalue weighted by Gasteiger charge is 2.05. The number of amidine groups is 1. The van der Waals surface area contributed by atoms with Crippen LogP contribution in [0.4, 0.5) is 0 Å². The lowest BCUT2D eigenvalue weighted by molar-refractivity contribution is 0.207. The number of hydrogen-bond donors (Lipinski definition) is 1. The molecule has 17 heavy (non-hydrogen) atoms. The molecular weight excluding hydrogens is 214 g/mol. The topological polar surface area (TPSA) is 36.9 Å². The van der Waals surface area contributed by atoms with E-state index in [4.69, 9.17) is 4.74 Å². The maximum Gasteiger partial charge on any atom is 0.285 e. The molecule has 0 atom stereocenters. The molecule has 0 saturated heterocycles. The normalized spacial score (nSPS) is 12.6. The Labute approximate surface area is 106 Å².